The number of aryl methyl sites for hydroxylation is 1. The zero-order valence-corrected chi connectivity index (χ0v) is 17.2. The van der Waals surface area contributed by atoms with Gasteiger partial charge in [-0.15, -0.1) is 0 Å². The third-order valence-electron chi connectivity index (χ3n) is 3.99. The molecule has 2 N–H and O–H groups in total. The van der Waals surface area contributed by atoms with E-state index in [1.807, 2.05) is 6.07 Å². The maximum Gasteiger partial charge on any atom is 0.240 e. The molecular weight excluding hydrogens is 421 g/mol. The van der Waals surface area contributed by atoms with Crippen molar-refractivity contribution in [2.75, 3.05) is 11.9 Å². The molecule has 0 amide bonds. The van der Waals surface area contributed by atoms with Crippen LogP contribution in [-0.4, -0.2) is 29.7 Å². The normalized spacial score (nSPS) is 11.5. The zero-order chi connectivity index (χ0) is 20.0. The van der Waals surface area contributed by atoms with Crippen molar-refractivity contribution in [3.8, 4) is 0 Å². The number of nitrogens with zero attached hydrogens (tertiary/aromatic N) is 3. The van der Waals surface area contributed by atoms with E-state index >= 15 is 0 Å². The van der Waals surface area contributed by atoms with Crippen molar-refractivity contribution < 1.29 is 8.42 Å². The van der Waals surface area contributed by atoms with E-state index in [4.69, 9.17) is 23.2 Å². The fraction of sp³-hybridized carbons (Fsp3) is 0.222. The predicted octanol–water partition coefficient (Wildman–Crippen LogP) is 3.57. The Morgan fingerprint density at radius 2 is 1.86 bits per heavy atom. The van der Waals surface area contributed by atoms with Crippen LogP contribution in [0.4, 0.5) is 5.69 Å². The molecule has 0 saturated heterocycles. The maximum absolute atomic E-state index is 12.4. The average molecular weight is 440 g/mol. The number of benzene rings is 2. The molecule has 0 fully saturated rings. The van der Waals surface area contributed by atoms with Gasteiger partial charge in [-0.05, 0) is 48.4 Å². The lowest BCUT2D eigenvalue weighted by atomic mass is 10.2. The van der Waals surface area contributed by atoms with Crippen molar-refractivity contribution in [1.29, 1.82) is 0 Å². The van der Waals surface area contributed by atoms with Gasteiger partial charge in [-0.2, -0.15) is 5.10 Å². The summed E-state index contributed by atoms with van der Waals surface area (Å²) in [5.74, 6) is 0. The summed E-state index contributed by atoms with van der Waals surface area (Å²) in [5.41, 5.74) is 1.69. The van der Waals surface area contributed by atoms with Crippen LogP contribution < -0.4 is 10.0 Å². The van der Waals surface area contributed by atoms with Crippen LogP contribution in [0.3, 0.4) is 0 Å². The van der Waals surface area contributed by atoms with Gasteiger partial charge in [0.15, 0.2) is 0 Å². The van der Waals surface area contributed by atoms with E-state index in [0.717, 1.165) is 11.3 Å². The number of sulfonamides is 1. The fourth-order valence-electron chi connectivity index (χ4n) is 2.49. The van der Waals surface area contributed by atoms with Crippen LogP contribution in [0.2, 0.25) is 10.0 Å². The summed E-state index contributed by atoms with van der Waals surface area (Å²) in [5, 5.41) is 8.34. The molecule has 0 atom stereocenters. The Balaban J connectivity index is 1.52. The monoisotopic (exact) mass is 439 g/mol. The molecule has 3 aromatic rings. The smallest absolute Gasteiger partial charge is 0.240 e. The second-order valence-electron chi connectivity index (χ2n) is 6.02. The number of halogens is 2. The molecule has 0 aliphatic heterocycles. The van der Waals surface area contributed by atoms with Gasteiger partial charge < -0.3 is 5.32 Å². The second kappa shape index (κ2) is 9.38. The highest BCUT2D eigenvalue weighted by atomic mass is 35.5. The van der Waals surface area contributed by atoms with Gasteiger partial charge >= 0.3 is 0 Å². The molecule has 2 aromatic carbocycles. The molecule has 28 heavy (non-hydrogen) atoms. The Morgan fingerprint density at radius 3 is 2.54 bits per heavy atom. The Bertz CT molecular complexity index is 1010. The first kappa shape index (κ1) is 20.6. The molecule has 0 aliphatic rings. The number of anilines is 1. The van der Waals surface area contributed by atoms with Crippen molar-refractivity contribution >= 4 is 38.9 Å². The van der Waals surface area contributed by atoms with Crippen molar-refractivity contribution in [3.05, 3.63) is 70.7 Å². The van der Waals surface area contributed by atoms with Crippen LogP contribution in [0.5, 0.6) is 0 Å². The van der Waals surface area contributed by atoms with Gasteiger partial charge in [0.1, 0.15) is 12.7 Å². The zero-order valence-electron chi connectivity index (χ0n) is 14.8. The third-order valence-corrected chi connectivity index (χ3v) is 6.05. The highest BCUT2D eigenvalue weighted by molar-refractivity contribution is 7.89. The lowest BCUT2D eigenvalue weighted by Gasteiger charge is -2.10. The highest BCUT2D eigenvalue weighted by Crippen LogP contribution is 2.22. The van der Waals surface area contributed by atoms with Crippen molar-refractivity contribution in [2.24, 2.45) is 0 Å². The van der Waals surface area contributed by atoms with Gasteiger partial charge in [0, 0.05) is 35.4 Å². The van der Waals surface area contributed by atoms with Crippen LogP contribution in [0.1, 0.15) is 12.0 Å². The Morgan fingerprint density at radius 1 is 1.07 bits per heavy atom. The van der Waals surface area contributed by atoms with Gasteiger partial charge in [-0.1, -0.05) is 29.3 Å². The lowest BCUT2D eigenvalue weighted by Crippen LogP contribution is -2.25. The maximum atomic E-state index is 12.4. The highest BCUT2D eigenvalue weighted by Gasteiger charge is 2.13. The molecule has 0 saturated carbocycles. The SMILES string of the molecule is O=S(=O)(NCCCn1cncn1)c1ccc(NCc2ccc(Cl)cc2Cl)cc1. The second-order valence-corrected chi connectivity index (χ2v) is 8.63. The van der Waals surface area contributed by atoms with Crippen molar-refractivity contribution in [3.63, 3.8) is 0 Å². The van der Waals surface area contributed by atoms with Crippen LogP contribution in [0.15, 0.2) is 60.0 Å². The van der Waals surface area contributed by atoms with Gasteiger partial charge in [-0.3, -0.25) is 4.68 Å². The first-order valence-electron chi connectivity index (χ1n) is 8.54. The van der Waals surface area contributed by atoms with Gasteiger partial charge in [0.2, 0.25) is 10.0 Å². The molecule has 0 radical (unpaired) electrons. The Hall–Kier alpha value is -2.13. The molecule has 3 rings (SSSR count). The van der Waals surface area contributed by atoms with E-state index < -0.39 is 10.0 Å². The molecule has 0 unspecified atom stereocenters. The molecule has 0 spiro atoms. The average Bonchev–Trinajstić information content (AvgIpc) is 3.18. The summed E-state index contributed by atoms with van der Waals surface area (Å²) in [6, 6.07) is 11.9. The van der Waals surface area contributed by atoms with Crippen LogP contribution in [0.25, 0.3) is 0 Å². The molecule has 10 heteroatoms. The fourth-order valence-corrected chi connectivity index (χ4v) is 4.04. The topological polar surface area (TPSA) is 88.9 Å². The van der Waals surface area contributed by atoms with Crippen LogP contribution in [-0.2, 0) is 23.1 Å². The quantitative estimate of drug-likeness (QED) is 0.497. The summed E-state index contributed by atoms with van der Waals surface area (Å²) in [4.78, 5) is 4.05. The molecule has 7 nitrogen and oxygen atoms in total. The number of rotatable bonds is 9. The summed E-state index contributed by atoms with van der Waals surface area (Å²) in [6.07, 6.45) is 3.65. The minimum Gasteiger partial charge on any atom is -0.381 e. The van der Waals surface area contributed by atoms with Crippen molar-refractivity contribution in [2.45, 2.75) is 24.4 Å². The molecule has 1 heterocycles. The van der Waals surface area contributed by atoms with E-state index in [0.29, 0.717) is 36.1 Å². The molecule has 1 aromatic heterocycles. The van der Waals surface area contributed by atoms with E-state index in [2.05, 4.69) is 20.1 Å². The number of hydrogen-bond acceptors (Lipinski definition) is 5. The third kappa shape index (κ3) is 5.68. The molecular formula is C18H19Cl2N5O2S. The Labute approximate surface area is 173 Å². The first-order valence-corrected chi connectivity index (χ1v) is 10.8. The van der Waals surface area contributed by atoms with Crippen LogP contribution >= 0.6 is 23.2 Å². The summed E-state index contributed by atoms with van der Waals surface area (Å²) >= 11 is 12.0. The van der Waals surface area contributed by atoms with E-state index in [1.54, 1.807) is 47.4 Å². The van der Waals surface area contributed by atoms with E-state index in [9.17, 15) is 8.42 Å². The van der Waals surface area contributed by atoms with E-state index in [-0.39, 0.29) is 4.90 Å². The van der Waals surface area contributed by atoms with Gasteiger partial charge in [-0.25, -0.2) is 18.1 Å². The Kier molecular flexibility index (Phi) is 6.90. The van der Waals surface area contributed by atoms with Gasteiger partial charge in [0.05, 0.1) is 4.90 Å². The molecule has 148 valence electrons. The number of nitrogens with one attached hydrogen (secondary N) is 2. The molecule has 0 bridgehead atoms. The van der Waals surface area contributed by atoms with Gasteiger partial charge in [0.25, 0.3) is 0 Å². The summed E-state index contributed by atoms with van der Waals surface area (Å²) in [7, 11) is -3.56. The number of aromatic nitrogens is 3. The largest absolute Gasteiger partial charge is 0.381 e. The standard InChI is InChI=1S/C18H19Cl2N5O2S/c19-15-3-2-14(18(20)10-15)11-22-16-4-6-17(7-5-16)28(26,27)24-8-1-9-25-13-21-12-23-25/h2-7,10,12-13,22,24H,1,8-9,11H2. The summed E-state index contributed by atoms with van der Waals surface area (Å²) in [6.45, 7) is 1.42. The lowest BCUT2D eigenvalue weighted by molar-refractivity contribution is 0.552. The van der Waals surface area contributed by atoms with Crippen LogP contribution in [0, 0.1) is 0 Å². The van der Waals surface area contributed by atoms with Crippen molar-refractivity contribution in [1.82, 2.24) is 19.5 Å². The number of hydrogen-bond donors (Lipinski definition) is 2. The predicted molar refractivity (Wildman–Crippen MR) is 110 cm³/mol. The van der Waals surface area contributed by atoms with E-state index in [1.165, 1.54) is 6.33 Å². The minimum absolute atomic E-state index is 0.211. The molecule has 0 aliphatic carbocycles. The first-order chi connectivity index (χ1) is 13.4. The minimum atomic E-state index is -3.56. The summed E-state index contributed by atoms with van der Waals surface area (Å²) < 4.78 is 29.0.